The lowest BCUT2D eigenvalue weighted by atomic mass is 9.83. The summed E-state index contributed by atoms with van der Waals surface area (Å²) in [7, 11) is 0. The molecule has 1 saturated carbocycles. The Balaban J connectivity index is 1.56. The first-order valence-electron chi connectivity index (χ1n) is 9.53. The number of thioether (sulfide) groups is 1. The minimum Gasteiger partial charge on any atom is -0.452 e. The van der Waals surface area contributed by atoms with Gasteiger partial charge in [-0.15, -0.1) is 23.1 Å². The average molecular weight is 430 g/mol. The van der Waals surface area contributed by atoms with Gasteiger partial charge in [0.15, 0.2) is 6.61 Å². The molecule has 0 atom stereocenters. The number of nitrogens with one attached hydrogen (secondary N) is 1. The van der Waals surface area contributed by atoms with Crippen molar-refractivity contribution in [2.24, 2.45) is 0 Å². The van der Waals surface area contributed by atoms with Crippen LogP contribution in [0.3, 0.4) is 0 Å². The fraction of sp³-hybridized carbons (Fsp3) is 0.429. The molecular weight excluding hydrogens is 406 g/mol. The molecule has 0 spiro atoms. The number of amides is 1. The van der Waals surface area contributed by atoms with Crippen LogP contribution in [0.15, 0.2) is 34.5 Å². The summed E-state index contributed by atoms with van der Waals surface area (Å²) in [6.45, 7) is 1.56. The van der Waals surface area contributed by atoms with Gasteiger partial charge in [0.2, 0.25) is 0 Å². The summed E-state index contributed by atoms with van der Waals surface area (Å²) in [5.41, 5.74) is 0.556. The number of benzene rings is 1. The molecular formula is C21H23N3O3S2. The molecule has 1 aliphatic carbocycles. The van der Waals surface area contributed by atoms with Gasteiger partial charge in [0.1, 0.15) is 5.54 Å². The van der Waals surface area contributed by atoms with Gasteiger partial charge in [-0.2, -0.15) is 5.26 Å². The van der Waals surface area contributed by atoms with Crippen molar-refractivity contribution >= 4 is 35.0 Å². The first-order chi connectivity index (χ1) is 14.0. The van der Waals surface area contributed by atoms with E-state index in [1.807, 2.05) is 24.4 Å². The highest BCUT2D eigenvalue weighted by molar-refractivity contribution is 7.98. The van der Waals surface area contributed by atoms with Crippen molar-refractivity contribution in [2.75, 3.05) is 6.61 Å². The number of ether oxygens (including phenoxy) is 1. The Morgan fingerprint density at radius 2 is 2.07 bits per heavy atom. The Morgan fingerprint density at radius 1 is 1.31 bits per heavy atom. The molecule has 0 saturated heterocycles. The molecule has 0 unspecified atom stereocenters. The molecule has 1 N–H and O–H groups in total. The maximum Gasteiger partial charge on any atom is 0.339 e. The van der Waals surface area contributed by atoms with Crippen LogP contribution < -0.4 is 5.32 Å². The Labute approximate surface area is 178 Å². The highest BCUT2D eigenvalue weighted by Crippen LogP contribution is 2.28. The molecule has 8 heteroatoms. The van der Waals surface area contributed by atoms with Gasteiger partial charge in [-0.3, -0.25) is 4.79 Å². The lowest BCUT2D eigenvalue weighted by molar-refractivity contribution is -0.125. The van der Waals surface area contributed by atoms with Gasteiger partial charge < -0.3 is 10.1 Å². The maximum absolute atomic E-state index is 12.5. The van der Waals surface area contributed by atoms with E-state index in [-0.39, 0.29) is 0 Å². The van der Waals surface area contributed by atoms with Crippen molar-refractivity contribution in [3.63, 3.8) is 0 Å². The van der Waals surface area contributed by atoms with Crippen molar-refractivity contribution in [2.45, 2.75) is 55.2 Å². The van der Waals surface area contributed by atoms with E-state index in [1.54, 1.807) is 23.5 Å². The Hall–Kier alpha value is -2.37. The monoisotopic (exact) mass is 429 g/mol. The number of carbonyl (C=O) groups is 2. The van der Waals surface area contributed by atoms with Crippen LogP contribution in [0.4, 0.5) is 0 Å². The number of nitriles is 1. The number of hydrogen-bond acceptors (Lipinski definition) is 7. The molecule has 29 heavy (non-hydrogen) atoms. The summed E-state index contributed by atoms with van der Waals surface area (Å²) < 4.78 is 5.23. The second-order valence-electron chi connectivity index (χ2n) is 7.02. The first-order valence-corrected chi connectivity index (χ1v) is 11.4. The normalized spacial score (nSPS) is 15.3. The number of thiazole rings is 1. The van der Waals surface area contributed by atoms with E-state index in [9.17, 15) is 14.9 Å². The summed E-state index contributed by atoms with van der Waals surface area (Å²) in [6, 6.07) is 9.39. The van der Waals surface area contributed by atoms with Gasteiger partial charge in [0.05, 0.1) is 22.3 Å². The number of carbonyl (C=O) groups excluding carboxylic acids is 2. The maximum atomic E-state index is 12.5. The molecule has 6 nitrogen and oxygen atoms in total. The van der Waals surface area contributed by atoms with Gasteiger partial charge in [-0.05, 0) is 31.9 Å². The van der Waals surface area contributed by atoms with E-state index in [4.69, 9.17) is 4.74 Å². The highest BCUT2D eigenvalue weighted by atomic mass is 32.2. The largest absolute Gasteiger partial charge is 0.452 e. The number of rotatable bonds is 7. The zero-order chi connectivity index (χ0) is 20.7. The Kier molecular flexibility index (Phi) is 7.29. The summed E-state index contributed by atoms with van der Waals surface area (Å²) in [4.78, 5) is 30.0. The van der Waals surface area contributed by atoms with Crippen LogP contribution in [-0.2, 0) is 15.3 Å². The third-order valence-electron chi connectivity index (χ3n) is 4.78. The van der Waals surface area contributed by atoms with Crippen LogP contribution in [0.25, 0.3) is 0 Å². The molecule has 1 aliphatic rings. The molecule has 1 fully saturated rings. The second kappa shape index (κ2) is 9.90. The van der Waals surface area contributed by atoms with E-state index in [2.05, 4.69) is 16.4 Å². The van der Waals surface area contributed by atoms with Gasteiger partial charge in [-0.25, -0.2) is 9.78 Å². The van der Waals surface area contributed by atoms with Gasteiger partial charge in [0.25, 0.3) is 5.91 Å². The topological polar surface area (TPSA) is 92.1 Å². The van der Waals surface area contributed by atoms with Crippen LogP contribution >= 0.6 is 23.1 Å². The van der Waals surface area contributed by atoms with Crippen LogP contribution in [-0.4, -0.2) is 29.0 Å². The number of aromatic nitrogens is 1. The number of aryl methyl sites for hydroxylation is 1. The minimum atomic E-state index is -0.832. The highest BCUT2D eigenvalue weighted by Gasteiger charge is 2.33. The van der Waals surface area contributed by atoms with Gasteiger partial charge in [0, 0.05) is 16.0 Å². The molecule has 0 aliphatic heterocycles. The van der Waals surface area contributed by atoms with Crippen molar-refractivity contribution < 1.29 is 14.3 Å². The molecule has 3 rings (SSSR count). The lowest BCUT2D eigenvalue weighted by Crippen LogP contribution is -2.50. The van der Waals surface area contributed by atoms with Crippen LogP contribution in [0, 0.1) is 18.3 Å². The molecule has 1 heterocycles. The predicted molar refractivity (Wildman–Crippen MR) is 113 cm³/mol. The zero-order valence-electron chi connectivity index (χ0n) is 16.3. The van der Waals surface area contributed by atoms with Gasteiger partial charge in [-0.1, -0.05) is 31.4 Å². The summed E-state index contributed by atoms with van der Waals surface area (Å²) in [6.07, 6.45) is 4.17. The first kappa shape index (κ1) is 21.3. The molecule has 0 radical (unpaired) electrons. The number of nitrogens with zero attached hydrogens (tertiary/aromatic N) is 2. The van der Waals surface area contributed by atoms with Crippen molar-refractivity contribution in [3.05, 3.63) is 45.9 Å². The predicted octanol–water partition coefficient (Wildman–Crippen LogP) is 4.24. The molecule has 152 valence electrons. The standard InChI is InChI=1S/C21H23N3O3S2/c1-15-23-16(12-28-15)13-29-18-8-4-3-7-17(18)20(26)27-11-19(25)24-21(14-22)9-5-2-6-10-21/h3-4,7-8,12H,2,5-6,9-11,13H2,1H3,(H,24,25). The quantitative estimate of drug-likeness (QED) is 0.523. The van der Waals surface area contributed by atoms with Crippen molar-refractivity contribution in [1.29, 1.82) is 5.26 Å². The minimum absolute atomic E-state index is 0.396. The smallest absolute Gasteiger partial charge is 0.339 e. The average Bonchev–Trinajstić information content (AvgIpc) is 3.16. The summed E-state index contributed by atoms with van der Waals surface area (Å²) in [5, 5.41) is 15.2. The third kappa shape index (κ3) is 5.81. The number of hydrogen-bond donors (Lipinski definition) is 1. The third-order valence-corrected chi connectivity index (χ3v) is 6.71. The molecule has 2 aromatic rings. The Morgan fingerprint density at radius 3 is 2.76 bits per heavy atom. The van der Waals surface area contributed by atoms with Crippen LogP contribution in [0.1, 0.15) is 53.2 Å². The van der Waals surface area contributed by atoms with Crippen molar-refractivity contribution in [3.8, 4) is 6.07 Å². The number of esters is 1. The second-order valence-corrected chi connectivity index (χ2v) is 9.10. The fourth-order valence-electron chi connectivity index (χ4n) is 3.32. The van der Waals surface area contributed by atoms with E-state index in [0.29, 0.717) is 24.2 Å². The lowest BCUT2D eigenvalue weighted by Gasteiger charge is -2.31. The molecule has 1 aromatic carbocycles. The van der Waals surface area contributed by atoms with Crippen LogP contribution in [0.2, 0.25) is 0 Å². The van der Waals surface area contributed by atoms with E-state index in [1.165, 1.54) is 11.8 Å². The fourth-order valence-corrected chi connectivity index (χ4v) is 4.97. The summed E-state index contributed by atoms with van der Waals surface area (Å²) >= 11 is 3.10. The van der Waals surface area contributed by atoms with Gasteiger partial charge >= 0.3 is 5.97 Å². The van der Waals surface area contributed by atoms with Crippen molar-refractivity contribution in [1.82, 2.24) is 10.3 Å². The molecule has 1 aromatic heterocycles. The Bertz CT molecular complexity index is 914. The van der Waals surface area contributed by atoms with E-state index in [0.717, 1.165) is 34.9 Å². The zero-order valence-corrected chi connectivity index (χ0v) is 17.9. The molecule has 1 amide bonds. The van der Waals surface area contributed by atoms with E-state index < -0.39 is 24.0 Å². The van der Waals surface area contributed by atoms with E-state index >= 15 is 0 Å². The SMILES string of the molecule is Cc1nc(CSc2ccccc2C(=O)OCC(=O)NC2(C#N)CCCCC2)cs1. The summed E-state index contributed by atoms with van der Waals surface area (Å²) in [5.74, 6) is -0.336. The van der Waals surface area contributed by atoms with Crippen LogP contribution in [0.5, 0.6) is 0 Å². The molecule has 0 bridgehead atoms.